The third-order valence-electron chi connectivity index (χ3n) is 7.72. The van der Waals surface area contributed by atoms with Gasteiger partial charge in [0.15, 0.2) is 0 Å². The number of thiophene rings is 1. The van der Waals surface area contributed by atoms with E-state index in [1.165, 1.54) is 0 Å². The lowest BCUT2D eigenvalue weighted by atomic mass is 9.90. The highest BCUT2D eigenvalue weighted by Gasteiger charge is 2.45. The molecule has 1 unspecified atom stereocenters. The summed E-state index contributed by atoms with van der Waals surface area (Å²) in [5.41, 5.74) is 1.35. The average Bonchev–Trinajstić information content (AvgIpc) is 3.50. The second-order valence-electron chi connectivity index (χ2n) is 11.0. The van der Waals surface area contributed by atoms with Crippen LogP contribution in [-0.4, -0.2) is 67.9 Å². The minimum atomic E-state index is -1.15. The molecule has 9 nitrogen and oxygen atoms in total. The SMILES string of the molecule is CCN1C(=O)C(C)(C)C(=O)N(C)c2cc(OCCCC(NCCN(C)C(=O)Cc3cccs3)c3ccncc3)ccc21. The average molecular weight is 592 g/mol. The molecule has 1 aliphatic rings. The Balaban J connectivity index is 1.34. The van der Waals surface area contributed by atoms with E-state index in [1.807, 2.05) is 61.8 Å². The smallest absolute Gasteiger partial charge is 0.242 e. The molecule has 0 fully saturated rings. The molecule has 0 aliphatic carbocycles. The van der Waals surface area contributed by atoms with Crippen LogP contribution in [0.3, 0.4) is 0 Å². The predicted molar refractivity (Wildman–Crippen MR) is 167 cm³/mol. The van der Waals surface area contributed by atoms with E-state index in [1.54, 1.807) is 59.3 Å². The van der Waals surface area contributed by atoms with Gasteiger partial charge in [-0.3, -0.25) is 19.4 Å². The van der Waals surface area contributed by atoms with E-state index in [4.69, 9.17) is 4.74 Å². The molecular weight excluding hydrogens is 550 g/mol. The van der Waals surface area contributed by atoms with Crippen LogP contribution in [0.1, 0.15) is 50.1 Å². The Labute approximate surface area is 252 Å². The third kappa shape index (κ3) is 7.17. The van der Waals surface area contributed by atoms with E-state index in [2.05, 4.69) is 10.3 Å². The molecule has 0 saturated carbocycles. The lowest BCUT2D eigenvalue weighted by molar-refractivity contribution is -0.137. The van der Waals surface area contributed by atoms with Gasteiger partial charge in [-0.05, 0) is 74.9 Å². The number of nitrogens with one attached hydrogen (secondary N) is 1. The minimum absolute atomic E-state index is 0.0829. The summed E-state index contributed by atoms with van der Waals surface area (Å²) in [6, 6.07) is 13.6. The lowest BCUT2D eigenvalue weighted by Gasteiger charge is -2.27. The Morgan fingerprint density at radius 1 is 1.12 bits per heavy atom. The Bertz CT molecular complexity index is 1360. The number of carbonyl (C=O) groups is 3. The Hall–Kier alpha value is -3.76. The highest BCUT2D eigenvalue weighted by atomic mass is 32.1. The normalized spacial score (nSPS) is 15.3. The quantitative estimate of drug-likeness (QED) is 0.229. The number of aromatic nitrogens is 1. The third-order valence-corrected chi connectivity index (χ3v) is 8.59. The van der Waals surface area contributed by atoms with Crippen molar-refractivity contribution >= 4 is 40.4 Å². The zero-order valence-electron chi connectivity index (χ0n) is 25.1. The fraction of sp³-hybridized carbons (Fsp3) is 0.438. The minimum Gasteiger partial charge on any atom is -0.494 e. The van der Waals surface area contributed by atoms with Crippen molar-refractivity contribution in [3.63, 3.8) is 0 Å². The number of hydrogen-bond donors (Lipinski definition) is 1. The van der Waals surface area contributed by atoms with Crippen LogP contribution in [0.5, 0.6) is 5.75 Å². The van der Waals surface area contributed by atoms with Crippen molar-refractivity contribution in [2.24, 2.45) is 5.41 Å². The van der Waals surface area contributed by atoms with Gasteiger partial charge in [0.2, 0.25) is 17.7 Å². The molecule has 1 atom stereocenters. The number of amides is 3. The summed E-state index contributed by atoms with van der Waals surface area (Å²) in [5.74, 6) is 0.307. The van der Waals surface area contributed by atoms with Crippen LogP contribution in [0.15, 0.2) is 60.2 Å². The summed E-state index contributed by atoms with van der Waals surface area (Å²) in [6.45, 7) is 7.49. The summed E-state index contributed by atoms with van der Waals surface area (Å²) >= 11 is 1.60. The second kappa shape index (κ2) is 13.9. The number of likely N-dealkylation sites (N-methyl/N-ethyl adjacent to an activating group) is 1. The maximum atomic E-state index is 13.1. The molecule has 224 valence electrons. The molecular formula is C32H41N5O4S. The summed E-state index contributed by atoms with van der Waals surface area (Å²) in [7, 11) is 3.55. The summed E-state index contributed by atoms with van der Waals surface area (Å²) in [6.07, 6.45) is 5.61. The monoisotopic (exact) mass is 591 g/mol. The van der Waals surface area contributed by atoms with E-state index in [9.17, 15) is 14.4 Å². The fourth-order valence-corrected chi connectivity index (χ4v) is 5.85. The van der Waals surface area contributed by atoms with Gasteiger partial charge in [0, 0.05) is 63.1 Å². The molecule has 0 radical (unpaired) electrons. The van der Waals surface area contributed by atoms with E-state index >= 15 is 0 Å². The first-order valence-electron chi connectivity index (χ1n) is 14.4. The van der Waals surface area contributed by atoms with Gasteiger partial charge < -0.3 is 24.8 Å². The topological polar surface area (TPSA) is 95.1 Å². The number of nitrogens with zero attached hydrogens (tertiary/aromatic N) is 4. The van der Waals surface area contributed by atoms with Gasteiger partial charge in [0.1, 0.15) is 11.2 Å². The van der Waals surface area contributed by atoms with Crippen molar-refractivity contribution in [1.82, 2.24) is 15.2 Å². The van der Waals surface area contributed by atoms with Gasteiger partial charge >= 0.3 is 0 Å². The molecule has 1 aromatic carbocycles. The summed E-state index contributed by atoms with van der Waals surface area (Å²) < 4.78 is 6.12. The summed E-state index contributed by atoms with van der Waals surface area (Å²) in [4.78, 5) is 49.0. The van der Waals surface area contributed by atoms with E-state index in [0.717, 1.165) is 23.3 Å². The first-order valence-corrected chi connectivity index (χ1v) is 15.3. The van der Waals surface area contributed by atoms with Crippen molar-refractivity contribution in [3.8, 4) is 5.75 Å². The van der Waals surface area contributed by atoms with E-state index < -0.39 is 5.41 Å². The number of benzene rings is 1. The lowest BCUT2D eigenvalue weighted by Crippen LogP contribution is -2.47. The molecule has 3 aromatic rings. The molecule has 3 heterocycles. The van der Waals surface area contributed by atoms with Crippen LogP contribution in [0, 0.1) is 5.41 Å². The molecule has 0 bridgehead atoms. The largest absolute Gasteiger partial charge is 0.494 e. The predicted octanol–water partition coefficient (Wildman–Crippen LogP) is 4.69. The van der Waals surface area contributed by atoms with Crippen LogP contribution >= 0.6 is 11.3 Å². The maximum Gasteiger partial charge on any atom is 0.242 e. The molecule has 1 N–H and O–H groups in total. The van der Waals surface area contributed by atoms with Crippen LogP contribution in [0.25, 0.3) is 0 Å². The van der Waals surface area contributed by atoms with Gasteiger partial charge in [0.05, 0.1) is 24.4 Å². The molecule has 42 heavy (non-hydrogen) atoms. The Kier molecular flexibility index (Phi) is 10.3. The highest BCUT2D eigenvalue weighted by Crippen LogP contribution is 2.40. The van der Waals surface area contributed by atoms with E-state index in [-0.39, 0.29) is 23.8 Å². The van der Waals surface area contributed by atoms with Crippen LogP contribution in [-0.2, 0) is 20.8 Å². The Morgan fingerprint density at radius 3 is 2.57 bits per heavy atom. The molecule has 0 saturated heterocycles. The number of carbonyl (C=O) groups excluding carboxylic acids is 3. The molecule has 1 aliphatic heterocycles. The number of anilines is 2. The number of ether oxygens (including phenoxy) is 1. The zero-order chi connectivity index (χ0) is 30.3. The molecule has 10 heteroatoms. The van der Waals surface area contributed by atoms with Crippen molar-refractivity contribution in [2.75, 3.05) is 50.1 Å². The van der Waals surface area contributed by atoms with Crippen LogP contribution in [0.2, 0.25) is 0 Å². The first-order chi connectivity index (χ1) is 20.1. The standard InChI is InChI=1S/C32H41N5O4S/c1-6-37-27-12-11-24(21-28(27)36(5)30(39)32(2,3)31(37)40)41-19-7-10-26(23-13-15-33-16-14-23)34-17-18-35(4)29(38)22-25-9-8-20-42-25/h8-9,11-16,20-21,26,34H,6-7,10,17-19,22H2,1-5H3. The van der Waals surface area contributed by atoms with Crippen molar-refractivity contribution in [1.29, 1.82) is 0 Å². The van der Waals surface area contributed by atoms with Gasteiger partial charge in [-0.15, -0.1) is 11.3 Å². The molecule has 4 rings (SSSR count). The van der Waals surface area contributed by atoms with Gasteiger partial charge in [-0.25, -0.2) is 0 Å². The highest BCUT2D eigenvalue weighted by molar-refractivity contribution is 7.10. The number of fused-ring (bicyclic) bond motifs is 1. The zero-order valence-corrected chi connectivity index (χ0v) is 25.9. The molecule has 3 amide bonds. The summed E-state index contributed by atoms with van der Waals surface area (Å²) in [5, 5.41) is 5.59. The van der Waals surface area contributed by atoms with Crippen molar-refractivity contribution in [3.05, 3.63) is 70.7 Å². The number of hydrogen-bond acceptors (Lipinski definition) is 7. The second-order valence-corrected chi connectivity index (χ2v) is 12.1. The van der Waals surface area contributed by atoms with Gasteiger partial charge in [-0.1, -0.05) is 6.07 Å². The maximum absolute atomic E-state index is 13.1. The van der Waals surface area contributed by atoms with Gasteiger partial charge in [0.25, 0.3) is 0 Å². The Morgan fingerprint density at radius 2 is 1.88 bits per heavy atom. The molecule has 2 aromatic heterocycles. The molecule has 0 spiro atoms. The number of rotatable bonds is 13. The first kappa shape index (κ1) is 31.2. The number of pyridine rings is 1. The van der Waals surface area contributed by atoms with Crippen LogP contribution in [0.4, 0.5) is 11.4 Å². The van der Waals surface area contributed by atoms with Crippen molar-refractivity contribution < 1.29 is 19.1 Å². The van der Waals surface area contributed by atoms with E-state index in [0.29, 0.717) is 49.8 Å². The van der Waals surface area contributed by atoms with Crippen molar-refractivity contribution in [2.45, 2.75) is 46.1 Å². The fourth-order valence-electron chi connectivity index (χ4n) is 5.16. The van der Waals surface area contributed by atoms with Gasteiger partial charge in [-0.2, -0.15) is 0 Å². The van der Waals surface area contributed by atoms with Crippen LogP contribution < -0.4 is 19.9 Å².